The Kier molecular flexibility index (Phi) is 5.49. The van der Waals surface area contributed by atoms with E-state index < -0.39 is 5.92 Å². The van der Waals surface area contributed by atoms with Gasteiger partial charge in [0.1, 0.15) is 5.75 Å². The van der Waals surface area contributed by atoms with E-state index in [0.717, 1.165) is 5.56 Å². The lowest BCUT2D eigenvalue weighted by Gasteiger charge is -2.16. The van der Waals surface area contributed by atoms with E-state index in [1.165, 1.54) is 7.11 Å². The van der Waals surface area contributed by atoms with Gasteiger partial charge in [0.2, 0.25) is 0 Å². The van der Waals surface area contributed by atoms with Gasteiger partial charge < -0.3 is 4.74 Å². The normalized spacial score (nSPS) is 12.1. The van der Waals surface area contributed by atoms with Crippen molar-refractivity contribution in [2.24, 2.45) is 0 Å². The fraction of sp³-hybridized carbons (Fsp3) is 0.188. The van der Waals surface area contributed by atoms with Gasteiger partial charge in [-0.3, -0.25) is 9.36 Å². The lowest BCUT2D eigenvalue weighted by Crippen LogP contribution is -2.16. The highest BCUT2D eigenvalue weighted by molar-refractivity contribution is 7.23. The molecular formula is C16H14ClO3P. The highest BCUT2D eigenvalue weighted by Gasteiger charge is 2.26. The number of rotatable bonds is 6. The molecule has 0 aliphatic rings. The van der Waals surface area contributed by atoms with Gasteiger partial charge in [0.15, 0.2) is 14.2 Å². The Hall–Kier alpha value is -1.70. The van der Waals surface area contributed by atoms with Gasteiger partial charge in [-0.05, 0) is 17.7 Å². The molecule has 0 saturated heterocycles. The maximum Gasteiger partial charge on any atom is 0.176 e. The smallest absolute Gasteiger partial charge is 0.176 e. The first-order chi connectivity index (χ1) is 10.2. The van der Waals surface area contributed by atoms with Gasteiger partial charge in [0, 0.05) is 6.16 Å². The molecular weight excluding hydrogens is 307 g/mol. The summed E-state index contributed by atoms with van der Waals surface area (Å²) in [7, 11) is 1.41. The van der Waals surface area contributed by atoms with E-state index in [1.807, 2.05) is 30.3 Å². The molecule has 0 amide bonds. The van der Waals surface area contributed by atoms with E-state index >= 15 is 0 Å². The summed E-state index contributed by atoms with van der Waals surface area (Å²) in [5.74, 6) is -0.276. The number of ether oxygens (including phenoxy) is 1. The minimum atomic E-state index is -0.515. The standard InChI is InChI=1S/C16H14ClO3P/c1-20-14-9-5-8-13(17)15(14)16(18)12(10-21-19)11-6-3-2-4-7-11/h2-9,12H,10H2,1H3. The van der Waals surface area contributed by atoms with Crippen molar-refractivity contribution in [3.05, 3.63) is 64.7 Å². The zero-order valence-corrected chi connectivity index (χ0v) is 13.1. The molecule has 0 aromatic heterocycles. The molecule has 2 aromatic rings. The van der Waals surface area contributed by atoms with Crippen LogP contribution in [0.5, 0.6) is 5.75 Å². The van der Waals surface area contributed by atoms with Crippen LogP contribution < -0.4 is 4.74 Å². The molecule has 108 valence electrons. The summed E-state index contributed by atoms with van der Waals surface area (Å²) in [5.41, 5.74) is 1.15. The van der Waals surface area contributed by atoms with E-state index in [2.05, 4.69) is 0 Å². The first kappa shape index (κ1) is 15.7. The SMILES string of the molecule is COc1cccc(Cl)c1C(=O)C(CP=O)c1ccccc1. The second-order valence-electron chi connectivity index (χ2n) is 4.46. The van der Waals surface area contributed by atoms with Crippen LogP contribution in [0.25, 0.3) is 0 Å². The molecule has 1 unspecified atom stereocenters. The summed E-state index contributed by atoms with van der Waals surface area (Å²) >= 11 is 6.15. The minimum Gasteiger partial charge on any atom is -0.496 e. The first-order valence-electron chi connectivity index (χ1n) is 6.39. The van der Waals surface area contributed by atoms with Crippen LogP contribution in [0.3, 0.4) is 0 Å². The van der Waals surface area contributed by atoms with E-state index in [4.69, 9.17) is 16.3 Å². The fourth-order valence-electron chi connectivity index (χ4n) is 2.19. The van der Waals surface area contributed by atoms with Gasteiger partial charge >= 0.3 is 0 Å². The van der Waals surface area contributed by atoms with Crippen molar-refractivity contribution in [1.29, 1.82) is 0 Å². The summed E-state index contributed by atoms with van der Waals surface area (Å²) in [6.45, 7) is 0. The van der Waals surface area contributed by atoms with Crippen molar-refractivity contribution < 1.29 is 14.1 Å². The van der Waals surface area contributed by atoms with Crippen molar-refractivity contribution >= 4 is 25.8 Å². The van der Waals surface area contributed by atoms with Crippen molar-refractivity contribution in [1.82, 2.24) is 0 Å². The maximum atomic E-state index is 12.8. The van der Waals surface area contributed by atoms with Crippen LogP contribution in [0.1, 0.15) is 21.8 Å². The second-order valence-corrected chi connectivity index (χ2v) is 5.49. The van der Waals surface area contributed by atoms with E-state index in [-0.39, 0.29) is 20.4 Å². The molecule has 0 heterocycles. The number of Topliss-reactive ketones (excluding diaryl/α,β-unsaturated/α-hetero) is 1. The molecule has 21 heavy (non-hydrogen) atoms. The molecule has 0 saturated carbocycles. The zero-order chi connectivity index (χ0) is 15.2. The molecule has 0 radical (unpaired) electrons. The number of hydrogen-bond donors (Lipinski definition) is 0. The summed E-state index contributed by atoms with van der Waals surface area (Å²) in [4.78, 5) is 12.8. The molecule has 5 heteroatoms. The van der Waals surface area contributed by atoms with Gasteiger partial charge in [0.05, 0.1) is 23.6 Å². The van der Waals surface area contributed by atoms with Gasteiger partial charge in [-0.2, -0.15) is 0 Å². The Labute approximate surface area is 130 Å². The van der Waals surface area contributed by atoms with Crippen LogP contribution >= 0.6 is 20.1 Å². The van der Waals surface area contributed by atoms with E-state index in [9.17, 15) is 9.36 Å². The van der Waals surface area contributed by atoms with Crippen molar-refractivity contribution in [2.75, 3.05) is 13.3 Å². The maximum absolute atomic E-state index is 12.8. The number of carbonyl (C=O) groups is 1. The minimum absolute atomic E-state index is 0.0835. The Morgan fingerprint density at radius 1 is 1.19 bits per heavy atom. The number of methoxy groups -OCH3 is 1. The second kappa shape index (κ2) is 7.35. The molecule has 0 spiro atoms. The van der Waals surface area contributed by atoms with Crippen LogP contribution in [-0.4, -0.2) is 19.1 Å². The zero-order valence-electron chi connectivity index (χ0n) is 11.5. The Morgan fingerprint density at radius 2 is 1.90 bits per heavy atom. The van der Waals surface area contributed by atoms with Crippen molar-refractivity contribution in [3.63, 3.8) is 0 Å². The van der Waals surface area contributed by atoms with Crippen molar-refractivity contribution in [2.45, 2.75) is 5.92 Å². The van der Waals surface area contributed by atoms with Gasteiger partial charge in [0.25, 0.3) is 0 Å². The van der Waals surface area contributed by atoms with Crippen LogP contribution in [0.4, 0.5) is 0 Å². The lowest BCUT2D eigenvalue weighted by molar-refractivity contribution is 0.0964. The molecule has 0 fully saturated rings. The topological polar surface area (TPSA) is 43.4 Å². The number of benzene rings is 2. The Morgan fingerprint density at radius 3 is 2.52 bits per heavy atom. The molecule has 2 rings (SSSR count). The lowest BCUT2D eigenvalue weighted by atomic mass is 9.91. The van der Waals surface area contributed by atoms with Gasteiger partial charge in [-0.25, -0.2) is 0 Å². The highest BCUT2D eigenvalue weighted by Crippen LogP contribution is 2.33. The quantitative estimate of drug-likeness (QED) is 0.577. The summed E-state index contributed by atoms with van der Waals surface area (Å²) in [6, 6.07) is 14.3. The van der Waals surface area contributed by atoms with Crippen LogP contribution in [0.15, 0.2) is 48.5 Å². The molecule has 0 aliphatic heterocycles. The summed E-state index contributed by atoms with van der Waals surface area (Å²) < 4.78 is 16.3. The molecule has 0 aliphatic carbocycles. The average molecular weight is 321 g/mol. The summed E-state index contributed by atoms with van der Waals surface area (Å²) in [6.07, 6.45) is 0.206. The number of halogens is 1. The van der Waals surface area contributed by atoms with Crippen LogP contribution in [0, 0.1) is 0 Å². The largest absolute Gasteiger partial charge is 0.496 e. The van der Waals surface area contributed by atoms with E-state index in [0.29, 0.717) is 16.3 Å². The molecule has 1 atom stereocenters. The first-order valence-corrected chi connectivity index (χ1v) is 7.77. The molecule has 3 nitrogen and oxygen atoms in total. The Balaban J connectivity index is 2.47. The molecule has 2 aromatic carbocycles. The van der Waals surface area contributed by atoms with E-state index in [1.54, 1.807) is 18.2 Å². The molecule has 0 N–H and O–H groups in total. The fourth-order valence-corrected chi connectivity index (χ4v) is 2.97. The number of ketones is 1. The predicted molar refractivity (Wildman–Crippen MR) is 84.0 cm³/mol. The number of hydrogen-bond acceptors (Lipinski definition) is 3. The average Bonchev–Trinajstić information content (AvgIpc) is 2.52. The third-order valence-electron chi connectivity index (χ3n) is 3.22. The predicted octanol–water partition coefficient (Wildman–Crippen LogP) is 4.61. The van der Waals surface area contributed by atoms with Crippen molar-refractivity contribution in [3.8, 4) is 5.75 Å². The molecule has 0 bridgehead atoms. The monoisotopic (exact) mass is 320 g/mol. The number of carbonyl (C=O) groups excluding carboxylic acids is 1. The van der Waals surface area contributed by atoms with Gasteiger partial charge in [-0.1, -0.05) is 48.0 Å². The summed E-state index contributed by atoms with van der Waals surface area (Å²) in [5, 5.41) is 0.336. The third-order valence-corrected chi connectivity index (χ3v) is 4.05. The Bertz CT molecular complexity index is 643. The highest BCUT2D eigenvalue weighted by atomic mass is 35.5. The third kappa shape index (κ3) is 3.49. The van der Waals surface area contributed by atoms with Crippen LogP contribution in [0.2, 0.25) is 5.02 Å². The van der Waals surface area contributed by atoms with Crippen LogP contribution in [-0.2, 0) is 4.57 Å². The van der Waals surface area contributed by atoms with Gasteiger partial charge in [-0.15, -0.1) is 0 Å².